The third-order valence-corrected chi connectivity index (χ3v) is 2.49. The SMILES string of the molecule is O=C(NCc1cccnn1)c1ccc(S)cc1. The molecule has 1 amide bonds. The standard InChI is InChI=1S/C12H11N3OS/c16-12(9-3-5-11(17)6-4-9)13-8-10-2-1-7-14-15-10/h1-7,17H,8H2,(H,13,16). The van der Waals surface area contributed by atoms with Gasteiger partial charge in [0, 0.05) is 16.7 Å². The number of nitrogens with one attached hydrogen (secondary N) is 1. The second-order valence-corrected chi connectivity index (χ2v) is 3.96. The van der Waals surface area contributed by atoms with Gasteiger partial charge in [-0.05, 0) is 36.4 Å². The van der Waals surface area contributed by atoms with Crippen LogP contribution >= 0.6 is 12.6 Å². The molecule has 4 nitrogen and oxygen atoms in total. The molecule has 0 saturated carbocycles. The Morgan fingerprint density at radius 3 is 2.65 bits per heavy atom. The Kier molecular flexibility index (Phi) is 3.72. The van der Waals surface area contributed by atoms with Crippen molar-refractivity contribution in [3.8, 4) is 0 Å². The van der Waals surface area contributed by atoms with Crippen LogP contribution in [-0.2, 0) is 6.54 Å². The van der Waals surface area contributed by atoms with E-state index in [1.165, 1.54) is 0 Å². The van der Waals surface area contributed by atoms with Crippen LogP contribution in [0.4, 0.5) is 0 Å². The number of benzene rings is 1. The van der Waals surface area contributed by atoms with E-state index in [0.717, 1.165) is 10.6 Å². The number of hydrogen-bond acceptors (Lipinski definition) is 4. The van der Waals surface area contributed by atoms with Crippen molar-refractivity contribution in [2.45, 2.75) is 11.4 Å². The molecule has 0 aliphatic carbocycles. The van der Waals surface area contributed by atoms with Crippen LogP contribution in [0, 0.1) is 0 Å². The maximum atomic E-state index is 11.7. The molecule has 0 atom stereocenters. The number of amides is 1. The summed E-state index contributed by atoms with van der Waals surface area (Å²) < 4.78 is 0. The van der Waals surface area contributed by atoms with Crippen molar-refractivity contribution < 1.29 is 4.79 Å². The van der Waals surface area contributed by atoms with Crippen molar-refractivity contribution >= 4 is 18.5 Å². The van der Waals surface area contributed by atoms with Crippen molar-refractivity contribution in [3.05, 3.63) is 53.9 Å². The first-order valence-electron chi connectivity index (χ1n) is 5.09. The lowest BCUT2D eigenvalue weighted by Crippen LogP contribution is -2.23. The van der Waals surface area contributed by atoms with Crippen LogP contribution in [0.3, 0.4) is 0 Å². The molecule has 1 heterocycles. The summed E-state index contributed by atoms with van der Waals surface area (Å²) in [7, 11) is 0. The van der Waals surface area contributed by atoms with Crippen molar-refractivity contribution in [1.29, 1.82) is 0 Å². The zero-order valence-electron chi connectivity index (χ0n) is 9.00. The van der Waals surface area contributed by atoms with Gasteiger partial charge in [-0.2, -0.15) is 10.2 Å². The summed E-state index contributed by atoms with van der Waals surface area (Å²) >= 11 is 4.16. The summed E-state index contributed by atoms with van der Waals surface area (Å²) in [4.78, 5) is 12.6. The van der Waals surface area contributed by atoms with Crippen LogP contribution in [0.2, 0.25) is 0 Å². The summed E-state index contributed by atoms with van der Waals surface area (Å²) in [5.74, 6) is -0.135. The second kappa shape index (κ2) is 5.45. The molecule has 17 heavy (non-hydrogen) atoms. The molecule has 1 aromatic carbocycles. The lowest BCUT2D eigenvalue weighted by molar-refractivity contribution is 0.0950. The molecule has 0 saturated heterocycles. The van der Waals surface area contributed by atoms with E-state index in [-0.39, 0.29) is 5.91 Å². The normalized spacial score (nSPS) is 9.94. The Balaban J connectivity index is 1.96. The van der Waals surface area contributed by atoms with Gasteiger partial charge in [-0.25, -0.2) is 0 Å². The minimum atomic E-state index is -0.135. The molecule has 5 heteroatoms. The molecule has 2 aromatic rings. The minimum Gasteiger partial charge on any atom is -0.346 e. The van der Waals surface area contributed by atoms with Gasteiger partial charge in [-0.1, -0.05) is 0 Å². The topological polar surface area (TPSA) is 54.9 Å². The number of aromatic nitrogens is 2. The summed E-state index contributed by atoms with van der Waals surface area (Å²) in [6, 6.07) is 10.6. The highest BCUT2D eigenvalue weighted by atomic mass is 32.1. The zero-order chi connectivity index (χ0) is 12.1. The van der Waals surface area contributed by atoms with E-state index in [4.69, 9.17) is 0 Å². The van der Waals surface area contributed by atoms with Gasteiger partial charge in [-0.15, -0.1) is 12.6 Å². The third-order valence-electron chi connectivity index (χ3n) is 2.19. The fraction of sp³-hybridized carbons (Fsp3) is 0.0833. The van der Waals surface area contributed by atoms with Crippen molar-refractivity contribution in [2.24, 2.45) is 0 Å². The molecule has 0 aliphatic heterocycles. The molecule has 0 radical (unpaired) electrons. The molecule has 0 bridgehead atoms. The average molecular weight is 245 g/mol. The van der Waals surface area contributed by atoms with E-state index >= 15 is 0 Å². The molecule has 0 unspecified atom stereocenters. The maximum Gasteiger partial charge on any atom is 0.251 e. The molecular weight excluding hydrogens is 234 g/mol. The monoisotopic (exact) mass is 245 g/mol. The molecule has 86 valence electrons. The first-order chi connectivity index (χ1) is 8.25. The van der Waals surface area contributed by atoms with Gasteiger partial charge in [0.2, 0.25) is 0 Å². The van der Waals surface area contributed by atoms with Gasteiger partial charge in [-0.3, -0.25) is 4.79 Å². The van der Waals surface area contributed by atoms with Gasteiger partial charge in [0.15, 0.2) is 0 Å². The van der Waals surface area contributed by atoms with Crippen molar-refractivity contribution in [1.82, 2.24) is 15.5 Å². The third kappa shape index (κ3) is 3.29. The van der Waals surface area contributed by atoms with E-state index in [9.17, 15) is 4.79 Å². The van der Waals surface area contributed by atoms with Gasteiger partial charge in [0.25, 0.3) is 5.91 Å². The van der Waals surface area contributed by atoms with E-state index in [0.29, 0.717) is 12.1 Å². The number of hydrogen-bond donors (Lipinski definition) is 2. The van der Waals surface area contributed by atoms with Gasteiger partial charge >= 0.3 is 0 Å². The Morgan fingerprint density at radius 2 is 2.00 bits per heavy atom. The predicted octanol–water partition coefficient (Wildman–Crippen LogP) is 1.70. The Hall–Kier alpha value is -1.88. The minimum absolute atomic E-state index is 0.135. The second-order valence-electron chi connectivity index (χ2n) is 3.44. The van der Waals surface area contributed by atoms with Crippen molar-refractivity contribution in [2.75, 3.05) is 0 Å². The highest BCUT2D eigenvalue weighted by Gasteiger charge is 2.04. The highest BCUT2D eigenvalue weighted by molar-refractivity contribution is 7.80. The van der Waals surface area contributed by atoms with Crippen LogP contribution in [0.5, 0.6) is 0 Å². The van der Waals surface area contributed by atoms with E-state index in [2.05, 4.69) is 28.1 Å². The maximum absolute atomic E-state index is 11.7. The summed E-state index contributed by atoms with van der Waals surface area (Å²) in [5, 5.41) is 10.4. The predicted molar refractivity (Wildman–Crippen MR) is 66.9 cm³/mol. The quantitative estimate of drug-likeness (QED) is 0.809. The van der Waals surface area contributed by atoms with E-state index in [1.807, 2.05) is 6.07 Å². The summed E-state index contributed by atoms with van der Waals surface area (Å²) in [5.41, 5.74) is 1.33. The summed E-state index contributed by atoms with van der Waals surface area (Å²) in [6.07, 6.45) is 1.59. The van der Waals surface area contributed by atoms with Crippen LogP contribution < -0.4 is 5.32 Å². The lowest BCUT2D eigenvalue weighted by Gasteiger charge is -2.04. The van der Waals surface area contributed by atoms with Crippen LogP contribution in [-0.4, -0.2) is 16.1 Å². The first-order valence-corrected chi connectivity index (χ1v) is 5.54. The van der Waals surface area contributed by atoms with Gasteiger partial charge in [0.05, 0.1) is 12.2 Å². The number of thiol groups is 1. The molecular formula is C12H11N3OS. The molecule has 0 spiro atoms. The molecule has 1 N–H and O–H groups in total. The van der Waals surface area contributed by atoms with Gasteiger partial charge < -0.3 is 5.32 Å². The highest BCUT2D eigenvalue weighted by Crippen LogP contribution is 2.07. The van der Waals surface area contributed by atoms with Crippen LogP contribution in [0.25, 0.3) is 0 Å². The van der Waals surface area contributed by atoms with E-state index in [1.54, 1.807) is 36.5 Å². The zero-order valence-corrected chi connectivity index (χ0v) is 9.89. The number of nitrogens with zero attached hydrogens (tertiary/aromatic N) is 2. The number of carbonyl (C=O) groups is 1. The Bertz CT molecular complexity index is 499. The summed E-state index contributed by atoms with van der Waals surface area (Å²) in [6.45, 7) is 0.370. The Labute approximate surface area is 104 Å². The molecule has 2 rings (SSSR count). The Morgan fingerprint density at radius 1 is 1.24 bits per heavy atom. The number of carbonyl (C=O) groups excluding carboxylic acids is 1. The first kappa shape index (κ1) is 11.6. The molecule has 0 fully saturated rings. The van der Waals surface area contributed by atoms with Crippen molar-refractivity contribution in [3.63, 3.8) is 0 Å². The van der Waals surface area contributed by atoms with Crippen LogP contribution in [0.15, 0.2) is 47.5 Å². The van der Waals surface area contributed by atoms with E-state index < -0.39 is 0 Å². The number of rotatable bonds is 3. The lowest BCUT2D eigenvalue weighted by atomic mass is 10.2. The fourth-order valence-corrected chi connectivity index (χ4v) is 1.46. The van der Waals surface area contributed by atoms with Crippen LogP contribution in [0.1, 0.15) is 16.1 Å². The molecule has 0 aliphatic rings. The molecule has 1 aromatic heterocycles. The largest absolute Gasteiger partial charge is 0.346 e. The smallest absolute Gasteiger partial charge is 0.251 e. The average Bonchev–Trinajstić information content (AvgIpc) is 2.38. The fourth-order valence-electron chi connectivity index (χ4n) is 1.31. The van der Waals surface area contributed by atoms with Gasteiger partial charge in [0.1, 0.15) is 0 Å².